The van der Waals surface area contributed by atoms with E-state index in [0.29, 0.717) is 17.9 Å². The third-order valence-corrected chi connectivity index (χ3v) is 4.20. The van der Waals surface area contributed by atoms with Crippen LogP contribution in [-0.4, -0.2) is 28.5 Å². The smallest absolute Gasteiger partial charge is 0.242 e. The summed E-state index contributed by atoms with van der Waals surface area (Å²) in [7, 11) is -3.64. The molecule has 0 fully saturated rings. The van der Waals surface area contributed by atoms with Gasteiger partial charge in [0.1, 0.15) is 5.82 Å². The van der Waals surface area contributed by atoms with Gasteiger partial charge in [0.15, 0.2) is 0 Å². The molecule has 0 amide bonds. The van der Waals surface area contributed by atoms with Crippen LogP contribution < -0.4 is 4.72 Å². The first-order valence-corrected chi connectivity index (χ1v) is 7.35. The van der Waals surface area contributed by atoms with Crippen LogP contribution in [0.25, 0.3) is 0 Å². The maximum absolute atomic E-state index is 12.2. The van der Waals surface area contributed by atoms with Gasteiger partial charge >= 0.3 is 0 Å². The number of aromatic nitrogens is 3. The molecule has 0 saturated heterocycles. The van der Waals surface area contributed by atoms with Crippen molar-refractivity contribution in [3.05, 3.63) is 36.2 Å². The highest BCUT2D eigenvalue weighted by atomic mass is 32.2. The zero-order valence-electron chi connectivity index (χ0n) is 10.4. The standard InChI is InChI=1S/C11H16N4O3S/c1-2-10(11-12-3-4-13-11)15-19(17,18)9-5-8(7-16)14-6-9/h3-6,10,14-16H,2,7H2,1H3,(H,12,13). The summed E-state index contributed by atoms with van der Waals surface area (Å²) in [5.74, 6) is 0.573. The largest absolute Gasteiger partial charge is 0.390 e. The van der Waals surface area contributed by atoms with Crippen molar-refractivity contribution in [1.29, 1.82) is 0 Å². The average Bonchev–Trinajstić information content (AvgIpc) is 3.06. The van der Waals surface area contributed by atoms with Gasteiger partial charge in [-0.2, -0.15) is 0 Å². The van der Waals surface area contributed by atoms with Crippen LogP contribution in [0, 0.1) is 0 Å². The first kappa shape index (κ1) is 13.8. The number of hydrogen-bond donors (Lipinski definition) is 4. The van der Waals surface area contributed by atoms with Gasteiger partial charge in [-0.3, -0.25) is 0 Å². The molecule has 0 radical (unpaired) electrons. The van der Waals surface area contributed by atoms with Crippen molar-refractivity contribution in [2.75, 3.05) is 0 Å². The molecule has 104 valence electrons. The van der Waals surface area contributed by atoms with E-state index in [2.05, 4.69) is 19.7 Å². The number of sulfonamides is 1. The molecule has 8 heteroatoms. The van der Waals surface area contributed by atoms with Crippen LogP contribution in [0.15, 0.2) is 29.6 Å². The van der Waals surface area contributed by atoms with Crippen molar-refractivity contribution < 1.29 is 13.5 Å². The molecule has 0 spiro atoms. The van der Waals surface area contributed by atoms with Crippen molar-refractivity contribution >= 4 is 10.0 Å². The lowest BCUT2D eigenvalue weighted by molar-refractivity contribution is 0.277. The monoisotopic (exact) mass is 284 g/mol. The zero-order valence-corrected chi connectivity index (χ0v) is 11.2. The normalized spacial score (nSPS) is 13.6. The Hall–Kier alpha value is -1.64. The average molecular weight is 284 g/mol. The van der Waals surface area contributed by atoms with E-state index in [9.17, 15) is 8.42 Å². The van der Waals surface area contributed by atoms with E-state index in [1.807, 2.05) is 6.92 Å². The van der Waals surface area contributed by atoms with Crippen molar-refractivity contribution in [3.63, 3.8) is 0 Å². The first-order valence-electron chi connectivity index (χ1n) is 5.86. The molecule has 0 aromatic carbocycles. The Morgan fingerprint density at radius 3 is 2.79 bits per heavy atom. The fraction of sp³-hybridized carbons (Fsp3) is 0.364. The molecular formula is C11H16N4O3S. The minimum absolute atomic E-state index is 0.0987. The molecule has 4 N–H and O–H groups in total. The molecule has 0 aliphatic rings. The highest BCUT2D eigenvalue weighted by Gasteiger charge is 2.22. The number of nitrogens with zero attached hydrogens (tertiary/aromatic N) is 1. The molecule has 2 heterocycles. The van der Waals surface area contributed by atoms with Gasteiger partial charge in [-0.1, -0.05) is 6.92 Å². The lowest BCUT2D eigenvalue weighted by Gasteiger charge is -2.14. The lowest BCUT2D eigenvalue weighted by Crippen LogP contribution is -2.28. The van der Waals surface area contributed by atoms with Gasteiger partial charge in [-0.25, -0.2) is 18.1 Å². The summed E-state index contributed by atoms with van der Waals surface area (Å²) in [6, 6.07) is 0.990. The van der Waals surface area contributed by atoms with Gasteiger partial charge in [0.25, 0.3) is 0 Å². The summed E-state index contributed by atoms with van der Waals surface area (Å²) >= 11 is 0. The van der Waals surface area contributed by atoms with Crippen LogP contribution in [0.5, 0.6) is 0 Å². The van der Waals surface area contributed by atoms with E-state index in [1.165, 1.54) is 12.3 Å². The highest BCUT2D eigenvalue weighted by Crippen LogP contribution is 2.17. The van der Waals surface area contributed by atoms with Gasteiger partial charge in [0.2, 0.25) is 10.0 Å². The van der Waals surface area contributed by atoms with Crippen molar-refractivity contribution in [1.82, 2.24) is 19.7 Å². The third-order valence-electron chi connectivity index (χ3n) is 2.75. The number of aliphatic hydroxyl groups is 1. The molecule has 0 aliphatic heterocycles. The molecular weight excluding hydrogens is 268 g/mol. The zero-order chi connectivity index (χ0) is 13.9. The number of aromatic amines is 2. The van der Waals surface area contributed by atoms with Gasteiger partial charge in [0.05, 0.1) is 17.5 Å². The molecule has 0 aliphatic carbocycles. The molecule has 1 atom stereocenters. The highest BCUT2D eigenvalue weighted by molar-refractivity contribution is 7.89. The minimum Gasteiger partial charge on any atom is -0.390 e. The van der Waals surface area contributed by atoms with Crippen LogP contribution >= 0.6 is 0 Å². The fourth-order valence-corrected chi connectivity index (χ4v) is 3.02. The maximum Gasteiger partial charge on any atom is 0.242 e. The van der Waals surface area contributed by atoms with Gasteiger partial charge in [-0.05, 0) is 12.5 Å². The Morgan fingerprint density at radius 1 is 1.47 bits per heavy atom. The second-order valence-corrected chi connectivity index (χ2v) is 5.79. The SMILES string of the molecule is CCC(NS(=O)(=O)c1c[nH]c(CO)c1)c1ncc[nH]1. The number of hydrogen-bond acceptors (Lipinski definition) is 4. The number of rotatable bonds is 6. The Labute approximate surface area is 111 Å². The van der Waals surface area contributed by atoms with Crippen LogP contribution in [0.3, 0.4) is 0 Å². The van der Waals surface area contributed by atoms with Crippen LogP contribution in [0.2, 0.25) is 0 Å². The second-order valence-electron chi connectivity index (χ2n) is 4.08. The van der Waals surface area contributed by atoms with Crippen LogP contribution in [-0.2, 0) is 16.6 Å². The lowest BCUT2D eigenvalue weighted by atomic mass is 10.2. The molecule has 2 aromatic heterocycles. The maximum atomic E-state index is 12.2. The summed E-state index contributed by atoms with van der Waals surface area (Å²) in [4.78, 5) is 9.74. The number of H-pyrrole nitrogens is 2. The van der Waals surface area contributed by atoms with E-state index in [1.54, 1.807) is 12.4 Å². The van der Waals surface area contributed by atoms with E-state index < -0.39 is 16.1 Å². The Bertz CT molecular complexity index is 618. The third kappa shape index (κ3) is 3.03. The number of imidazole rings is 1. The topological polar surface area (TPSA) is 111 Å². The fourth-order valence-electron chi connectivity index (χ4n) is 1.72. The van der Waals surface area contributed by atoms with Crippen molar-refractivity contribution in [2.45, 2.75) is 30.9 Å². The molecule has 0 saturated carbocycles. The molecule has 2 aromatic rings. The minimum atomic E-state index is -3.64. The summed E-state index contributed by atoms with van der Waals surface area (Å²) in [5, 5.41) is 8.93. The second kappa shape index (κ2) is 5.55. The summed E-state index contributed by atoms with van der Waals surface area (Å²) < 4.78 is 26.9. The number of aliphatic hydroxyl groups excluding tert-OH is 1. The predicted molar refractivity (Wildman–Crippen MR) is 68.7 cm³/mol. The van der Waals surface area contributed by atoms with E-state index in [-0.39, 0.29) is 11.5 Å². The molecule has 0 bridgehead atoms. The summed E-state index contributed by atoms with van der Waals surface area (Å²) in [6.45, 7) is 1.64. The van der Waals surface area contributed by atoms with Gasteiger partial charge < -0.3 is 15.1 Å². The summed E-state index contributed by atoms with van der Waals surface area (Å²) in [5.41, 5.74) is 0.450. The van der Waals surface area contributed by atoms with Crippen molar-refractivity contribution in [2.24, 2.45) is 0 Å². The Balaban J connectivity index is 2.20. The number of nitrogens with one attached hydrogen (secondary N) is 3. The predicted octanol–water partition coefficient (Wildman–Crippen LogP) is 0.660. The molecule has 7 nitrogen and oxygen atoms in total. The van der Waals surface area contributed by atoms with E-state index in [4.69, 9.17) is 5.11 Å². The van der Waals surface area contributed by atoms with Crippen LogP contribution in [0.1, 0.15) is 30.9 Å². The molecule has 2 rings (SSSR count). The molecule has 19 heavy (non-hydrogen) atoms. The van der Waals surface area contributed by atoms with Gasteiger partial charge in [0, 0.05) is 24.3 Å². The van der Waals surface area contributed by atoms with Gasteiger partial charge in [-0.15, -0.1) is 0 Å². The van der Waals surface area contributed by atoms with Crippen LogP contribution in [0.4, 0.5) is 0 Å². The van der Waals surface area contributed by atoms with E-state index >= 15 is 0 Å². The first-order chi connectivity index (χ1) is 9.06. The van der Waals surface area contributed by atoms with Crippen molar-refractivity contribution in [3.8, 4) is 0 Å². The Morgan fingerprint density at radius 2 is 2.26 bits per heavy atom. The van der Waals surface area contributed by atoms with E-state index in [0.717, 1.165) is 0 Å². The quantitative estimate of drug-likeness (QED) is 0.624. The molecule has 1 unspecified atom stereocenters. The summed E-state index contributed by atoms with van der Waals surface area (Å²) in [6.07, 6.45) is 5.14. The Kier molecular flexibility index (Phi) is 4.03.